The van der Waals surface area contributed by atoms with Crippen molar-refractivity contribution in [3.63, 3.8) is 0 Å². The predicted octanol–water partition coefficient (Wildman–Crippen LogP) is 3.61. The van der Waals surface area contributed by atoms with Gasteiger partial charge in [-0.1, -0.05) is 0 Å². The van der Waals surface area contributed by atoms with E-state index >= 15 is 0 Å². The highest BCUT2D eigenvalue weighted by Gasteiger charge is 2.17. The second-order valence-electron chi connectivity index (χ2n) is 9.11. The maximum Gasteiger partial charge on any atom is 0.409 e. The summed E-state index contributed by atoms with van der Waals surface area (Å²) in [7, 11) is 7.78. The second kappa shape index (κ2) is 10.9. The van der Waals surface area contributed by atoms with Crippen molar-refractivity contribution >= 4 is 38.1 Å². The van der Waals surface area contributed by atoms with E-state index in [1.165, 1.54) is 5.69 Å². The van der Waals surface area contributed by atoms with Crippen LogP contribution in [0, 0.1) is 0 Å². The molecule has 9 nitrogen and oxygen atoms in total. The molecule has 3 aromatic heterocycles. The zero-order valence-electron chi connectivity index (χ0n) is 21.7. The first-order valence-corrected chi connectivity index (χ1v) is 13.1. The van der Waals surface area contributed by atoms with Crippen molar-refractivity contribution in [3.8, 4) is 5.75 Å². The number of fused-ring (bicyclic) bond motifs is 1. The van der Waals surface area contributed by atoms with E-state index in [1.54, 1.807) is 18.4 Å². The molecule has 5 aromatic rings. The van der Waals surface area contributed by atoms with Crippen molar-refractivity contribution in [1.29, 1.82) is 0 Å². The molecule has 0 N–H and O–H groups in total. The van der Waals surface area contributed by atoms with Gasteiger partial charge in [-0.25, -0.2) is 22.8 Å². The largest absolute Gasteiger partial charge is 0.497 e. The van der Waals surface area contributed by atoms with Gasteiger partial charge < -0.3 is 9.64 Å². The number of rotatable bonds is 10. The van der Waals surface area contributed by atoms with Crippen molar-refractivity contribution in [3.05, 3.63) is 79.9 Å². The molecule has 0 aliphatic heterocycles. The van der Waals surface area contributed by atoms with Crippen LogP contribution < -0.4 is 23.3 Å². The van der Waals surface area contributed by atoms with Crippen LogP contribution in [0.15, 0.2) is 90.1 Å². The number of aryl methyl sites for hydroxylation is 3. The van der Waals surface area contributed by atoms with Gasteiger partial charge >= 0.3 is 5.13 Å². The lowest BCUT2D eigenvalue weighted by Gasteiger charge is -2.23. The van der Waals surface area contributed by atoms with Crippen molar-refractivity contribution in [2.45, 2.75) is 13.1 Å². The van der Waals surface area contributed by atoms with Gasteiger partial charge in [0.15, 0.2) is 0 Å². The third kappa shape index (κ3) is 5.86. The summed E-state index contributed by atoms with van der Waals surface area (Å²) in [6.07, 6.45) is 12.6. The lowest BCUT2D eigenvalue weighted by molar-refractivity contribution is -0.671. The third-order valence-corrected chi connectivity index (χ3v) is 7.47. The molecule has 0 aliphatic carbocycles. The summed E-state index contributed by atoms with van der Waals surface area (Å²) in [5, 5.41) is 9.90. The smallest absolute Gasteiger partial charge is 0.409 e. The standard InChI is InChI=1S/C27H33N8OS/c1-30-11-13-33(20-30)15-17-35(18-16-34-14-12-31(2)21-34)23-7-5-22(6-8-23)28-29-27-32(3)25-10-9-24(36-4)19-26(25)37-27/h5-14,19-21H,15-18H2,1-4H3/q+3. The van der Waals surface area contributed by atoms with E-state index in [9.17, 15) is 0 Å². The van der Waals surface area contributed by atoms with Crippen molar-refractivity contribution in [1.82, 2.24) is 9.13 Å². The molecule has 0 saturated carbocycles. The molecule has 0 fully saturated rings. The minimum Gasteiger partial charge on any atom is -0.497 e. The Morgan fingerprint density at radius 1 is 0.865 bits per heavy atom. The summed E-state index contributed by atoms with van der Waals surface area (Å²) in [6.45, 7) is 3.64. The van der Waals surface area contributed by atoms with E-state index in [0.717, 1.165) is 53.0 Å². The lowest BCUT2D eigenvalue weighted by Crippen LogP contribution is -2.31. The summed E-state index contributed by atoms with van der Waals surface area (Å²) in [4.78, 5) is 2.42. The number of benzene rings is 2. The molecular weight excluding hydrogens is 484 g/mol. The molecule has 0 radical (unpaired) electrons. The molecule has 0 bridgehead atoms. The highest BCUT2D eigenvalue weighted by atomic mass is 32.1. The molecular formula is C27H33N8OS+3. The lowest BCUT2D eigenvalue weighted by atomic mass is 10.2. The highest BCUT2D eigenvalue weighted by Crippen LogP contribution is 2.30. The molecule has 2 aromatic carbocycles. The van der Waals surface area contributed by atoms with Gasteiger partial charge in [0.25, 0.3) is 0 Å². The number of methoxy groups -OCH3 is 1. The molecule has 0 saturated heterocycles. The quantitative estimate of drug-likeness (QED) is 0.210. The summed E-state index contributed by atoms with van der Waals surface area (Å²) < 4.78 is 17.1. The Bertz CT molecular complexity index is 1470. The van der Waals surface area contributed by atoms with E-state index < -0.39 is 0 Å². The van der Waals surface area contributed by atoms with Gasteiger partial charge in [-0.3, -0.25) is 0 Å². The molecule has 0 unspecified atom stereocenters. The van der Waals surface area contributed by atoms with Crippen molar-refractivity contribution < 1.29 is 18.4 Å². The van der Waals surface area contributed by atoms with Crippen LogP contribution in [-0.4, -0.2) is 29.3 Å². The Morgan fingerprint density at radius 3 is 2.08 bits per heavy atom. The topological polar surface area (TPSA) is 58.7 Å². The van der Waals surface area contributed by atoms with E-state index in [4.69, 9.17) is 4.74 Å². The van der Waals surface area contributed by atoms with Crippen LogP contribution in [-0.2, 0) is 34.2 Å². The fourth-order valence-electron chi connectivity index (χ4n) is 4.28. The van der Waals surface area contributed by atoms with Crippen LogP contribution in [0.25, 0.3) is 10.2 Å². The third-order valence-electron chi connectivity index (χ3n) is 6.39. The number of hydrogen-bond donors (Lipinski definition) is 0. The number of hydrogen-bond acceptors (Lipinski definition) is 5. The number of anilines is 1. The number of azo groups is 1. The molecule has 0 aliphatic rings. The van der Waals surface area contributed by atoms with E-state index in [2.05, 4.69) is 93.6 Å². The molecule has 0 spiro atoms. The average Bonchev–Trinajstić information content (AvgIpc) is 3.61. The molecule has 5 rings (SSSR count). The van der Waals surface area contributed by atoms with Crippen LogP contribution in [0.1, 0.15) is 0 Å². The second-order valence-corrected chi connectivity index (χ2v) is 10.1. The van der Waals surface area contributed by atoms with Crippen molar-refractivity contribution in [2.24, 2.45) is 31.4 Å². The number of aromatic nitrogens is 5. The summed E-state index contributed by atoms with van der Waals surface area (Å²) >= 11 is 1.60. The molecule has 190 valence electrons. The number of imidazole rings is 2. The average molecular weight is 518 g/mol. The van der Waals surface area contributed by atoms with Crippen molar-refractivity contribution in [2.75, 3.05) is 25.1 Å². The van der Waals surface area contributed by atoms with E-state index in [0.29, 0.717) is 0 Å². The summed E-state index contributed by atoms with van der Waals surface area (Å²) in [5.74, 6) is 0.842. The van der Waals surface area contributed by atoms with Gasteiger partial charge in [0, 0.05) is 11.8 Å². The number of ether oxygens (including phenoxy) is 1. The Morgan fingerprint density at radius 2 is 1.51 bits per heavy atom. The van der Waals surface area contributed by atoms with E-state index in [1.807, 2.05) is 45.4 Å². The van der Waals surface area contributed by atoms with Gasteiger partial charge in [0.1, 0.15) is 54.8 Å². The molecule has 10 heteroatoms. The first-order chi connectivity index (χ1) is 18.0. The SMILES string of the molecule is COc1ccc2c(c1)sc(N=Nc1ccc(N(CCn3cc[n+](C)c3)CCn3cc[n+](C)c3)cc1)[n+]2C. The number of nitrogens with zero attached hydrogens (tertiary/aromatic N) is 8. The Kier molecular flexibility index (Phi) is 7.27. The van der Waals surface area contributed by atoms with Gasteiger partial charge in [-0.2, -0.15) is 0 Å². The molecule has 0 atom stereocenters. The number of thiazole rings is 1. The summed E-state index contributed by atoms with van der Waals surface area (Å²) in [6, 6.07) is 14.4. The minimum absolute atomic E-state index is 0.827. The van der Waals surface area contributed by atoms with Crippen LogP contribution in [0.3, 0.4) is 0 Å². The Hall–Kier alpha value is -4.05. The normalized spacial score (nSPS) is 11.6. The monoisotopic (exact) mass is 517 g/mol. The Labute approximate surface area is 220 Å². The Balaban J connectivity index is 1.31. The zero-order valence-corrected chi connectivity index (χ0v) is 22.5. The van der Waals surface area contributed by atoms with Gasteiger partial charge in [-0.15, -0.1) is 0 Å². The minimum atomic E-state index is 0.827. The van der Waals surface area contributed by atoms with Crippen LogP contribution >= 0.6 is 11.3 Å². The maximum atomic E-state index is 5.35. The first-order valence-electron chi connectivity index (χ1n) is 12.2. The van der Waals surface area contributed by atoms with Gasteiger partial charge in [0.2, 0.25) is 12.7 Å². The van der Waals surface area contributed by atoms with Crippen LogP contribution in [0.5, 0.6) is 5.75 Å². The maximum absolute atomic E-state index is 5.35. The zero-order chi connectivity index (χ0) is 25.8. The van der Waals surface area contributed by atoms with Crippen LogP contribution in [0.4, 0.5) is 16.5 Å². The molecule has 37 heavy (non-hydrogen) atoms. The van der Waals surface area contributed by atoms with Gasteiger partial charge in [-0.05, 0) is 52.8 Å². The first kappa shape index (κ1) is 24.6. The molecule has 3 heterocycles. The highest BCUT2D eigenvalue weighted by molar-refractivity contribution is 7.21. The molecule has 0 amide bonds. The predicted molar refractivity (Wildman–Crippen MR) is 144 cm³/mol. The van der Waals surface area contributed by atoms with Crippen LogP contribution in [0.2, 0.25) is 0 Å². The fraction of sp³-hybridized carbons (Fsp3) is 0.296. The summed E-state index contributed by atoms with van der Waals surface area (Å²) in [5.41, 5.74) is 3.11. The fourth-order valence-corrected chi connectivity index (χ4v) is 5.28. The van der Waals surface area contributed by atoms with Gasteiger partial charge in [0.05, 0.1) is 51.2 Å². The van der Waals surface area contributed by atoms with E-state index in [-0.39, 0.29) is 0 Å².